The molecule has 10 N–H and O–H groups in total. The molecule has 1 saturated carbocycles. The minimum absolute atomic E-state index is 0.0462. The van der Waals surface area contributed by atoms with Crippen LogP contribution in [0.15, 0.2) is 120 Å². The number of nitrogens with two attached hydrogens (primary N) is 1. The second-order valence-corrected chi connectivity index (χ2v) is 20.9. The number of H-pyrrole nitrogens is 1. The van der Waals surface area contributed by atoms with Crippen LogP contribution in [-0.2, 0) is 27.1 Å². The van der Waals surface area contributed by atoms with Gasteiger partial charge in [0, 0.05) is 99.4 Å². The van der Waals surface area contributed by atoms with Crippen LogP contribution in [0, 0.1) is 41.4 Å². The molecular formula is C58H67N9O8. The van der Waals surface area contributed by atoms with E-state index in [9.17, 15) is 20.1 Å². The summed E-state index contributed by atoms with van der Waals surface area (Å²) in [6, 6.07) is 14.6. The van der Waals surface area contributed by atoms with Crippen LogP contribution < -0.4 is 36.5 Å². The number of nitrogens with one attached hydrogen (secondary N) is 5. The normalized spacial score (nSPS) is 29.3. The Balaban J connectivity index is 0.966. The van der Waals surface area contributed by atoms with Gasteiger partial charge in [-0.3, -0.25) is 14.8 Å². The number of hydrogen-bond donors (Lipinski definition) is 9. The lowest BCUT2D eigenvalue weighted by atomic mass is 9.62. The molecule has 5 aromatic rings. The van der Waals surface area contributed by atoms with Gasteiger partial charge in [0.1, 0.15) is 18.4 Å². The fraction of sp³-hybridized carbons (Fsp3) is 0.431. The van der Waals surface area contributed by atoms with E-state index in [1.54, 1.807) is 24.5 Å². The van der Waals surface area contributed by atoms with Crippen molar-refractivity contribution < 1.29 is 39.1 Å². The minimum Gasteiger partial charge on any atom is -0.504 e. The molecule has 4 aliphatic heterocycles. The summed E-state index contributed by atoms with van der Waals surface area (Å²) in [6.07, 6.45) is 21.1. The van der Waals surface area contributed by atoms with Crippen LogP contribution in [0.25, 0.3) is 10.9 Å². The van der Waals surface area contributed by atoms with E-state index in [-0.39, 0.29) is 59.4 Å². The van der Waals surface area contributed by atoms with Crippen LogP contribution in [0.2, 0.25) is 0 Å². The van der Waals surface area contributed by atoms with Crippen molar-refractivity contribution in [2.75, 3.05) is 33.3 Å². The number of carbonyl (C=O) groups is 1. The Kier molecular flexibility index (Phi) is 14.1. The van der Waals surface area contributed by atoms with Gasteiger partial charge in [0.2, 0.25) is 5.75 Å². The summed E-state index contributed by atoms with van der Waals surface area (Å²) < 4.78 is 28.8. The van der Waals surface area contributed by atoms with Crippen molar-refractivity contribution in [3.63, 3.8) is 0 Å². The van der Waals surface area contributed by atoms with Gasteiger partial charge in [-0.15, -0.1) is 0 Å². The number of guanidine groups is 1. The number of hydrogen-bond acceptors (Lipinski definition) is 13. The van der Waals surface area contributed by atoms with Gasteiger partial charge in [0.25, 0.3) is 0 Å². The number of carbonyl (C=O) groups excluding carboxylic acids is 1. The SMILES string of the molecule is CNC[C@H]1[C@H](n2cc3cc[nH]c3c2)NC(=NCCCC2=CCNC(N)=C2)N[C@@]12CCC[C@H]1Oc3cc(ccc3O)C[C@H]3[C@@H]4O[C@H](c5cc(O)c(O)c(OCCc6cccnc6)c5)C[C@H](OC(C)=O)[C@@H]4C=C[C@@H]3C#C[C@@H]12. The van der Waals surface area contributed by atoms with Crippen LogP contribution in [-0.4, -0.2) is 98.9 Å². The second-order valence-electron chi connectivity index (χ2n) is 20.9. The number of aromatic nitrogens is 3. The number of ether oxygens (including phenoxy) is 4. The zero-order valence-corrected chi connectivity index (χ0v) is 42.4. The summed E-state index contributed by atoms with van der Waals surface area (Å²) in [7, 11) is 1.99. The third kappa shape index (κ3) is 10.3. The van der Waals surface area contributed by atoms with Crippen LogP contribution in [0.4, 0.5) is 0 Å². The molecule has 2 aromatic carbocycles. The molecule has 3 fully saturated rings. The van der Waals surface area contributed by atoms with E-state index in [0.29, 0.717) is 68.4 Å². The molecule has 2 aliphatic carbocycles. The van der Waals surface area contributed by atoms with Crippen molar-refractivity contribution in [1.82, 2.24) is 35.8 Å². The van der Waals surface area contributed by atoms with Crippen LogP contribution in [0.3, 0.4) is 0 Å². The molecule has 17 nitrogen and oxygen atoms in total. The Morgan fingerprint density at radius 3 is 2.83 bits per heavy atom. The minimum atomic E-state index is -0.677. The smallest absolute Gasteiger partial charge is 0.302 e. The molecular weight excluding hydrogens is 951 g/mol. The second kappa shape index (κ2) is 21.4. The van der Waals surface area contributed by atoms with Gasteiger partial charge >= 0.3 is 5.97 Å². The van der Waals surface area contributed by atoms with E-state index in [2.05, 4.69) is 84.3 Å². The summed E-state index contributed by atoms with van der Waals surface area (Å²) in [5, 5.41) is 49.4. The number of dihydropyridines is 1. The number of allylic oxidation sites excluding steroid dienone is 3. The lowest BCUT2D eigenvalue weighted by molar-refractivity contribution is -0.179. The molecule has 2 saturated heterocycles. The van der Waals surface area contributed by atoms with Gasteiger partial charge in [0.05, 0.1) is 41.6 Å². The monoisotopic (exact) mass is 1020 g/mol. The summed E-state index contributed by atoms with van der Waals surface area (Å²) in [4.78, 5) is 25.7. The first-order chi connectivity index (χ1) is 36.5. The van der Waals surface area contributed by atoms with Crippen molar-refractivity contribution in [1.29, 1.82) is 0 Å². The van der Waals surface area contributed by atoms with Crippen LogP contribution in [0.1, 0.15) is 74.4 Å². The number of phenolic OH excluding ortho intramolecular Hbond substituents is 3. The van der Waals surface area contributed by atoms with Gasteiger partial charge in [-0.1, -0.05) is 42.2 Å². The number of rotatable bonds is 13. The van der Waals surface area contributed by atoms with E-state index in [1.165, 1.54) is 18.6 Å². The summed E-state index contributed by atoms with van der Waals surface area (Å²) in [5.41, 5.74) is 10.1. The van der Waals surface area contributed by atoms with Gasteiger partial charge in [0.15, 0.2) is 29.0 Å². The maximum atomic E-state index is 12.9. The first-order valence-corrected chi connectivity index (χ1v) is 26.4. The first kappa shape index (κ1) is 49.7. The third-order valence-electron chi connectivity index (χ3n) is 16.0. The molecule has 7 heterocycles. The van der Waals surface area contributed by atoms with Crippen molar-refractivity contribution in [3.8, 4) is 40.6 Å². The number of aromatic hydroxyl groups is 3. The highest BCUT2D eigenvalue weighted by atomic mass is 16.6. The van der Waals surface area contributed by atoms with Crippen molar-refractivity contribution in [2.45, 2.75) is 94.4 Å². The zero-order valence-electron chi connectivity index (χ0n) is 42.4. The van der Waals surface area contributed by atoms with E-state index < -0.39 is 41.8 Å². The number of nitrogens with zero attached hydrogens (tertiary/aromatic N) is 3. The third-order valence-corrected chi connectivity index (χ3v) is 16.0. The largest absolute Gasteiger partial charge is 0.504 e. The molecule has 2 bridgehead atoms. The highest BCUT2D eigenvalue weighted by molar-refractivity contribution is 5.83. The first-order valence-electron chi connectivity index (χ1n) is 26.4. The van der Waals surface area contributed by atoms with Gasteiger partial charge in [-0.25, -0.2) is 0 Å². The Labute approximate surface area is 436 Å². The molecule has 75 heavy (non-hydrogen) atoms. The average Bonchev–Trinajstić information content (AvgIpc) is 4.02. The zero-order chi connectivity index (χ0) is 51.6. The fourth-order valence-electron chi connectivity index (χ4n) is 12.5. The van der Waals surface area contributed by atoms with Crippen LogP contribution in [0.5, 0.6) is 28.7 Å². The molecule has 11 rings (SSSR count). The predicted octanol–water partition coefficient (Wildman–Crippen LogP) is 6.52. The number of fused-ring (bicyclic) bond motifs is 8. The Hall–Kier alpha value is -7.55. The van der Waals surface area contributed by atoms with Gasteiger partial charge in [-0.05, 0) is 110 Å². The maximum absolute atomic E-state index is 12.9. The highest BCUT2D eigenvalue weighted by Crippen LogP contribution is 2.50. The van der Waals surface area contributed by atoms with E-state index in [1.807, 2.05) is 43.6 Å². The highest BCUT2D eigenvalue weighted by Gasteiger charge is 2.57. The molecule has 6 aliphatic rings. The maximum Gasteiger partial charge on any atom is 0.302 e. The molecule has 17 heteroatoms. The van der Waals surface area contributed by atoms with Crippen molar-refractivity contribution >= 4 is 22.8 Å². The molecule has 0 unspecified atom stereocenters. The molecule has 392 valence electrons. The molecule has 0 radical (unpaired) electrons. The number of phenols is 3. The number of benzene rings is 2. The van der Waals surface area contributed by atoms with Crippen molar-refractivity contribution in [3.05, 3.63) is 132 Å². The molecule has 1 spiro atoms. The predicted molar refractivity (Wildman–Crippen MR) is 284 cm³/mol. The van der Waals surface area contributed by atoms with Gasteiger partial charge in [-0.2, -0.15) is 0 Å². The van der Waals surface area contributed by atoms with Gasteiger partial charge < -0.3 is 70.8 Å². The lowest BCUT2D eigenvalue weighted by Gasteiger charge is -2.56. The Morgan fingerprint density at radius 2 is 2.00 bits per heavy atom. The quantitative estimate of drug-likeness (QED) is 0.0201. The molecule has 3 aromatic heterocycles. The Morgan fingerprint density at radius 1 is 1.09 bits per heavy atom. The van der Waals surface area contributed by atoms with E-state index in [0.717, 1.165) is 47.7 Å². The standard InChI is InChI=1S/C58H67N9O8/c1-34(68)73-50-29-49(40-27-47(70)54(71)52(28-40)72-23-17-36-7-4-19-61-30-36)75-55-41(50)12-10-38-11-13-43-48(74-51-25-37(24-42(38)55)9-14-46(51)69)8-3-18-58(43)44(31-60-2)56(67-32-39-16-22-62-45(39)33-67)65-57(66-58)64-20-5-6-35-15-21-63-53(59)26-35/h4,7,9-10,12,14-16,19,22,25-28,30,32-33,38,41-44,48-50,55-56,60,62-63,69-71H,3,5-6,8,17-18,20-21,23-24,29,31,59H2,1-2H3,(H2,64,65,66)/t38-,41+,42-,43+,44+,48-,49+,50+,55-,56+,58-/m1/s1. The van der Waals surface area contributed by atoms with E-state index >= 15 is 0 Å². The average molecular weight is 1020 g/mol. The number of aliphatic imine (C=N–C) groups is 1. The van der Waals surface area contributed by atoms with E-state index in [4.69, 9.17) is 29.7 Å². The lowest BCUT2D eigenvalue weighted by Crippen LogP contribution is -2.73. The van der Waals surface area contributed by atoms with Crippen LogP contribution >= 0.6 is 0 Å². The number of pyridine rings is 1. The summed E-state index contributed by atoms with van der Waals surface area (Å²) >= 11 is 0. The Bertz CT molecular complexity index is 3050. The number of esters is 1. The molecule has 0 amide bonds. The summed E-state index contributed by atoms with van der Waals surface area (Å²) in [6.45, 7) is 3.57. The number of aromatic amines is 1. The molecule has 11 atom stereocenters. The topological polar surface area (TPSA) is 235 Å². The fourth-order valence-corrected chi connectivity index (χ4v) is 12.5. The van der Waals surface area contributed by atoms with Crippen molar-refractivity contribution in [2.24, 2.45) is 40.3 Å². The summed E-state index contributed by atoms with van der Waals surface area (Å²) in [5.74, 6) is 7.16.